The number of benzene rings is 3. The van der Waals surface area contributed by atoms with E-state index in [0.717, 1.165) is 12.8 Å². The van der Waals surface area contributed by atoms with Crippen molar-refractivity contribution in [2.45, 2.75) is 44.4 Å². The molecule has 1 saturated heterocycles. The fourth-order valence-corrected chi connectivity index (χ4v) is 3.77. The molecule has 0 aromatic heterocycles. The molecule has 1 aliphatic heterocycles. The number of hydrogen-bond acceptors (Lipinski definition) is 3. The van der Waals surface area contributed by atoms with Crippen molar-refractivity contribution in [2.75, 3.05) is 6.61 Å². The molecule has 0 N–H and O–H groups in total. The van der Waals surface area contributed by atoms with Crippen LogP contribution >= 0.6 is 0 Å². The van der Waals surface area contributed by atoms with Crippen molar-refractivity contribution in [3.63, 3.8) is 0 Å². The summed E-state index contributed by atoms with van der Waals surface area (Å²) in [4.78, 5) is 0. The molecule has 0 aliphatic carbocycles. The summed E-state index contributed by atoms with van der Waals surface area (Å²) in [7, 11) is 0. The standard InChI is InChI=1S/C26H28O3/c1-4-10-21(11-5-1)18-27-20-25-16-24(28-19-22-12-6-2-7-13-22)17-26(29-25)23-14-8-3-9-15-23/h1-15,24-26H,16-20H2/t24-,25-,26+/m0/s1. The van der Waals surface area contributed by atoms with E-state index in [1.165, 1.54) is 16.7 Å². The Hall–Kier alpha value is -2.46. The van der Waals surface area contributed by atoms with Gasteiger partial charge in [-0.3, -0.25) is 0 Å². The highest BCUT2D eigenvalue weighted by Crippen LogP contribution is 2.33. The Labute approximate surface area is 173 Å². The van der Waals surface area contributed by atoms with Crippen LogP contribution in [0.15, 0.2) is 91.0 Å². The molecule has 1 fully saturated rings. The molecule has 3 aromatic carbocycles. The summed E-state index contributed by atoms with van der Waals surface area (Å²) in [5.74, 6) is 0. The summed E-state index contributed by atoms with van der Waals surface area (Å²) in [6, 6.07) is 31.0. The first-order chi connectivity index (χ1) is 14.4. The predicted octanol–water partition coefficient (Wildman–Crippen LogP) is 5.71. The molecule has 4 rings (SSSR count). The molecule has 0 unspecified atom stereocenters. The van der Waals surface area contributed by atoms with Crippen LogP contribution in [0.1, 0.15) is 35.6 Å². The largest absolute Gasteiger partial charge is 0.374 e. The second kappa shape index (κ2) is 10.4. The first-order valence-corrected chi connectivity index (χ1v) is 10.3. The highest BCUT2D eigenvalue weighted by Gasteiger charge is 2.31. The molecule has 0 radical (unpaired) electrons. The Kier molecular flexibility index (Phi) is 7.08. The van der Waals surface area contributed by atoms with E-state index in [1.54, 1.807) is 0 Å². The SMILES string of the molecule is c1ccc(COC[C@@H]2C[C@H](OCc3ccccc3)C[C@H](c3ccccc3)O2)cc1. The van der Waals surface area contributed by atoms with Crippen LogP contribution in [0, 0.1) is 0 Å². The fourth-order valence-electron chi connectivity index (χ4n) is 3.77. The van der Waals surface area contributed by atoms with Gasteiger partial charge in [0, 0.05) is 12.8 Å². The maximum atomic E-state index is 6.39. The molecule has 0 saturated carbocycles. The van der Waals surface area contributed by atoms with Gasteiger partial charge in [-0.1, -0.05) is 91.0 Å². The number of rotatable bonds is 8. The summed E-state index contributed by atoms with van der Waals surface area (Å²) in [6.07, 6.45) is 1.94. The van der Waals surface area contributed by atoms with E-state index in [-0.39, 0.29) is 18.3 Å². The molecule has 150 valence electrons. The van der Waals surface area contributed by atoms with Gasteiger partial charge in [0.2, 0.25) is 0 Å². The van der Waals surface area contributed by atoms with Crippen molar-refractivity contribution in [1.82, 2.24) is 0 Å². The van der Waals surface area contributed by atoms with Crippen LogP contribution in [0.5, 0.6) is 0 Å². The minimum absolute atomic E-state index is 0.0263. The van der Waals surface area contributed by atoms with E-state index >= 15 is 0 Å². The lowest BCUT2D eigenvalue weighted by Gasteiger charge is -2.35. The van der Waals surface area contributed by atoms with E-state index in [9.17, 15) is 0 Å². The van der Waals surface area contributed by atoms with Crippen molar-refractivity contribution < 1.29 is 14.2 Å². The second-order valence-electron chi connectivity index (χ2n) is 7.55. The lowest BCUT2D eigenvalue weighted by atomic mass is 9.96. The lowest BCUT2D eigenvalue weighted by molar-refractivity contribution is -0.142. The maximum Gasteiger partial charge on any atom is 0.0854 e. The molecule has 3 heteroatoms. The van der Waals surface area contributed by atoms with Crippen LogP contribution in [0.3, 0.4) is 0 Å². The monoisotopic (exact) mass is 388 g/mol. The molecule has 29 heavy (non-hydrogen) atoms. The van der Waals surface area contributed by atoms with Crippen molar-refractivity contribution in [1.29, 1.82) is 0 Å². The van der Waals surface area contributed by atoms with Gasteiger partial charge in [-0.05, 0) is 16.7 Å². The van der Waals surface area contributed by atoms with E-state index in [4.69, 9.17) is 14.2 Å². The summed E-state index contributed by atoms with van der Waals surface area (Å²) < 4.78 is 18.6. The zero-order valence-electron chi connectivity index (χ0n) is 16.7. The van der Waals surface area contributed by atoms with Gasteiger partial charge >= 0.3 is 0 Å². The molecule has 0 spiro atoms. The molecule has 1 heterocycles. The Morgan fingerprint density at radius 1 is 0.690 bits per heavy atom. The Bertz CT molecular complexity index is 836. The summed E-state index contributed by atoms with van der Waals surface area (Å²) in [5, 5.41) is 0. The average molecular weight is 389 g/mol. The molecular weight excluding hydrogens is 360 g/mol. The number of hydrogen-bond donors (Lipinski definition) is 0. The average Bonchev–Trinajstić information content (AvgIpc) is 2.80. The van der Waals surface area contributed by atoms with Gasteiger partial charge in [-0.25, -0.2) is 0 Å². The van der Waals surface area contributed by atoms with Crippen LogP contribution in [0.2, 0.25) is 0 Å². The minimum atomic E-state index is 0.0263. The Morgan fingerprint density at radius 3 is 1.93 bits per heavy atom. The first kappa shape index (κ1) is 19.8. The zero-order chi connectivity index (χ0) is 19.7. The topological polar surface area (TPSA) is 27.7 Å². The fraction of sp³-hybridized carbons (Fsp3) is 0.308. The zero-order valence-corrected chi connectivity index (χ0v) is 16.7. The highest BCUT2D eigenvalue weighted by molar-refractivity contribution is 5.19. The lowest BCUT2D eigenvalue weighted by Crippen LogP contribution is -2.35. The molecular formula is C26H28O3. The van der Waals surface area contributed by atoms with E-state index in [2.05, 4.69) is 60.7 Å². The normalized spacial score (nSPS) is 21.7. The van der Waals surface area contributed by atoms with Crippen LogP contribution < -0.4 is 0 Å². The summed E-state index contributed by atoms with van der Waals surface area (Å²) >= 11 is 0. The van der Waals surface area contributed by atoms with Gasteiger partial charge in [0.1, 0.15) is 0 Å². The molecule has 0 amide bonds. The van der Waals surface area contributed by atoms with Crippen LogP contribution in [-0.2, 0) is 27.4 Å². The van der Waals surface area contributed by atoms with Crippen LogP contribution in [0.4, 0.5) is 0 Å². The van der Waals surface area contributed by atoms with E-state index in [0.29, 0.717) is 19.8 Å². The first-order valence-electron chi connectivity index (χ1n) is 10.3. The Balaban J connectivity index is 1.37. The smallest absolute Gasteiger partial charge is 0.0854 e. The third-order valence-electron chi connectivity index (χ3n) is 5.27. The van der Waals surface area contributed by atoms with E-state index in [1.807, 2.05) is 30.3 Å². The van der Waals surface area contributed by atoms with Crippen LogP contribution in [-0.4, -0.2) is 18.8 Å². The van der Waals surface area contributed by atoms with Crippen LogP contribution in [0.25, 0.3) is 0 Å². The maximum absolute atomic E-state index is 6.39. The molecule has 3 nitrogen and oxygen atoms in total. The molecule has 3 aromatic rings. The highest BCUT2D eigenvalue weighted by atomic mass is 16.5. The van der Waals surface area contributed by atoms with Gasteiger partial charge in [0.25, 0.3) is 0 Å². The van der Waals surface area contributed by atoms with E-state index < -0.39 is 0 Å². The number of ether oxygens (including phenoxy) is 3. The van der Waals surface area contributed by atoms with Gasteiger partial charge in [-0.15, -0.1) is 0 Å². The Morgan fingerprint density at radius 2 is 1.28 bits per heavy atom. The van der Waals surface area contributed by atoms with Crippen molar-refractivity contribution >= 4 is 0 Å². The predicted molar refractivity (Wildman–Crippen MR) is 114 cm³/mol. The van der Waals surface area contributed by atoms with Gasteiger partial charge in [-0.2, -0.15) is 0 Å². The third-order valence-corrected chi connectivity index (χ3v) is 5.27. The van der Waals surface area contributed by atoms with Crippen molar-refractivity contribution in [2.24, 2.45) is 0 Å². The molecule has 3 atom stereocenters. The summed E-state index contributed by atoms with van der Waals surface area (Å²) in [5.41, 5.74) is 3.58. The van der Waals surface area contributed by atoms with Gasteiger partial charge < -0.3 is 14.2 Å². The molecule has 0 bridgehead atoms. The van der Waals surface area contributed by atoms with Crippen molar-refractivity contribution in [3.8, 4) is 0 Å². The quantitative estimate of drug-likeness (QED) is 0.495. The minimum Gasteiger partial charge on any atom is -0.374 e. The van der Waals surface area contributed by atoms with Gasteiger partial charge in [0.15, 0.2) is 0 Å². The third kappa shape index (κ3) is 6.01. The molecule has 1 aliphatic rings. The summed E-state index contributed by atoms with van der Waals surface area (Å²) in [6.45, 7) is 1.81. The van der Waals surface area contributed by atoms with Crippen molar-refractivity contribution in [3.05, 3.63) is 108 Å². The second-order valence-corrected chi connectivity index (χ2v) is 7.55. The van der Waals surface area contributed by atoms with Gasteiger partial charge in [0.05, 0.1) is 38.1 Å².